The molecule has 1 atom stereocenters. The molecule has 1 aliphatic carbocycles. The molecule has 1 saturated carbocycles. The average Bonchev–Trinajstić information content (AvgIpc) is 2.20. The minimum absolute atomic E-state index is 0.0612. The first-order chi connectivity index (χ1) is 6.63. The summed E-state index contributed by atoms with van der Waals surface area (Å²) in [5, 5.41) is 12.2. The maximum absolute atomic E-state index is 11.4. The molecule has 1 fully saturated rings. The zero-order valence-electron chi connectivity index (χ0n) is 8.70. The molecule has 0 aromatic heterocycles. The Bertz CT molecular complexity index is 189. The second-order valence-electron chi connectivity index (χ2n) is 4.03. The predicted octanol–water partition coefficient (Wildman–Crippen LogP) is 0.143. The lowest BCUT2D eigenvalue weighted by Gasteiger charge is -2.27. The SMILES string of the molecule is CCC(N)C(=O)NC1CCC(O)CC1. The molecule has 0 bridgehead atoms. The molecule has 0 spiro atoms. The largest absolute Gasteiger partial charge is 0.393 e. The quantitative estimate of drug-likeness (QED) is 0.606. The second kappa shape index (κ2) is 5.32. The van der Waals surface area contributed by atoms with E-state index >= 15 is 0 Å². The average molecular weight is 200 g/mol. The highest BCUT2D eigenvalue weighted by Gasteiger charge is 2.22. The topological polar surface area (TPSA) is 75.4 Å². The van der Waals surface area contributed by atoms with Crippen LogP contribution in [-0.2, 0) is 4.79 Å². The van der Waals surface area contributed by atoms with E-state index in [4.69, 9.17) is 5.73 Å². The molecule has 0 saturated heterocycles. The van der Waals surface area contributed by atoms with E-state index in [1.807, 2.05) is 6.92 Å². The summed E-state index contributed by atoms with van der Waals surface area (Å²) in [6.45, 7) is 1.90. The molecular formula is C10H20N2O2. The van der Waals surface area contributed by atoms with Gasteiger partial charge in [-0.15, -0.1) is 0 Å². The molecule has 1 rings (SSSR count). The van der Waals surface area contributed by atoms with Gasteiger partial charge in [-0.3, -0.25) is 4.79 Å². The van der Waals surface area contributed by atoms with Crippen LogP contribution < -0.4 is 11.1 Å². The van der Waals surface area contributed by atoms with Gasteiger partial charge in [-0.05, 0) is 32.1 Å². The second-order valence-corrected chi connectivity index (χ2v) is 4.03. The van der Waals surface area contributed by atoms with Crippen molar-refractivity contribution in [3.05, 3.63) is 0 Å². The molecule has 1 amide bonds. The number of aliphatic hydroxyl groups is 1. The minimum Gasteiger partial charge on any atom is -0.393 e. The Kier molecular flexibility index (Phi) is 4.35. The summed E-state index contributed by atoms with van der Waals surface area (Å²) in [5.74, 6) is -0.0612. The first kappa shape index (κ1) is 11.5. The van der Waals surface area contributed by atoms with Crippen LogP contribution in [0.4, 0.5) is 0 Å². The monoisotopic (exact) mass is 200 g/mol. The summed E-state index contributed by atoms with van der Waals surface area (Å²) in [6.07, 6.45) is 3.79. The smallest absolute Gasteiger partial charge is 0.237 e. The summed E-state index contributed by atoms with van der Waals surface area (Å²) in [4.78, 5) is 11.4. The van der Waals surface area contributed by atoms with Crippen molar-refractivity contribution in [2.24, 2.45) is 5.73 Å². The van der Waals surface area contributed by atoms with Crippen molar-refractivity contribution < 1.29 is 9.90 Å². The van der Waals surface area contributed by atoms with Crippen LogP contribution in [0.1, 0.15) is 39.0 Å². The fourth-order valence-electron chi connectivity index (χ4n) is 1.71. The number of aliphatic hydroxyl groups excluding tert-OH is 1. The summed E-state index contributed by atoms with van der Waals surface area (Å²) >= 11 is 0. The highest BCUT2D eigenvalue weighted by Crippen LogP contribution is 2.18. The van der Waals surface area contributed by atoms with E-state index in [0.717, 1.165) is 25.7 Å². The van der Waals surface area contributed by atoms with Crippen LogP contribution in [0.5, 0.6) is 0 Å². The maximum atomic E-state index is 11.4. The molecule has 82 valence electrons. The molecule has 4 nitrogen and oxygen atoms in total. The Morgan fingerprint density at radius 3 is 2.57 bits per heavy atom. The number of nitrogens with one attached hydrogen (secondary N) is 1. The molecule has 1 unspecified atom stereocenters. The molecule has 14 heavy (non-hydrogen) atoms. The minimum atomic E-state index is -0.387. The van der Waals surface area contributed by atoms with Crippen LogP contribution >= 0.6 is 0 Å². The first-order valence-corrected chi connectivity index (χ1v) is 5.37. The number of hydrogen-bond donors (Lipinski definition) is 3. The van der Waals surface area contributed by atoms with Crippen molar-refractivity contribution in [3.8, 4) is 0 Å². The molecule has 4 heteroatoms. The van der Waals surface area contributed by atoms with Crippen molar-refractivity contribution >= 4 is 5.91 Å². The molecule has 1 aliphatic rings. The van der Waals surface area contributed by atoms with Gasteiger partial charge < -0.3 is 16.2 Å². The van der Waals surface area contributed by atoms with Gasteiger partial charge in [0.05, 0.1) is 12.1 Å². The van der Waals surface area contributed by atoms with Gasteiger partial charge in [0.2, 0.25) is 5.91 Å². The van der Waals surface area contributed by atoms with Gasteiger partial charge >= 0.3 is 0 Å². The van der Waals surface area contributed by atoms with Gasteiger partial charge in [0, 0.05) is 6.04 Å². The van der Waals surface area contributed by atoms with E-state index in [0.29, 0.717) is 6.42 Å². The third-order valence-electron chi connectivity index (χ3n) is 2.82. The fourth-order valence-corrected chi connectivity index (χ4v) is 1.71. The molecule has 0 aromatic rings. The van der Waals surface area contributed by atoms with Crippen LogP contribution in [0.2, 0.25) is 0 Å². The van der Waals surface area contributed by atoms with Crippen molar-refractivity contribution in [3.63, 3.8) is 0 Å². The molecule has 0 heterocycles. The predicted molar refractivity (Wildman–Crippen MR) is 54.7 cm³/mol. The van der Waals surface area contributed by atoms with E-state index in [-0.39, 0.29) is 24.1 Å². The van der Waals surface area contributed by atoms with E-state index in [1.54, 1.807) is 0 Å². The number of carbonyl (C=O) groups is 1. The van der Waals surface area contributed by atoms with E-state index in [2.05, 4.69) is 5.32 Å². The standard InChI is InChI=1S/C10H20N2O2/c1-2-9(11)10(14)12-7-3-5-8(13)6-4-7/h7-9,13H,2-6,11H2,1H3,(H,12,14). The van der Waals surface area contributed by atoms with Crippen LogP contribution in [0.25, 0.3) is 0 Å². The summed E-state index contributed by atoms with van der Waals surface area (Å²) < 4.78 is 0. The molecule has 0 aliphatic heterocycles. The van der Waals surface area contributed by atoms with Crippen molar-refractivity contribution in [2.45, 2.75) is 57.2 Å². The maximum Gasteiger partial charge on any atom is 0.237 e. The van der Waals surface area contributed by atoms with Gasteiger partial charge in [-0.1, -0.05) is 6.92 Å². The Balaban J connectivity index is 2.27. The van der Waals surface area contributed by atoms with E-state index < -0.39 is 0 Å². The highest BCUT2D eigenvalue weighted by molar-refractivity contribution is 5.81. The Morgan fingerprint density at radius 2 is 2.07 bits per heavy atom. The van der Waals surface area contributed by atoms with Crippen molar-refractivity contribution in [1.29, 1.82) is 0 Å². The number of amides is 1. The van der Waals surface area contributed by atoms with E-state index in [9.17, 15) is 9.90 Å². The van der Waals surface area contributed by atoms with Crippen LogP contribution in [-0.4, -0.2) is 29.2 Å². The summed E-state index contributed by atoms with van der Waals surface area (Å²) in [6, 6.07) is -0.176. The molecule has 0 radical (unpaired) electrons. The lowest BCUT2D eigenvalue weighted by atomic mass is 9.93. The molecular weight excluding hydrogens is 180 g/mol. The van der Waals surface area contributed by atoms with Crippen molar-refractivity contribution in [1.82, 2.24) is 5.32 Å². The Labute approximate surface area is 84.9 Å². The Morgan fingerprint density at radius 1 is 1.50 bits per heavy atom. The first-order valence-electron chi connectivity index (χ1n) is 5.37. The van der Waals surface area contributed by atoms with Crippen LogP contribution in [0, 0.1) is 0 Å². The third-order valence-corrected chi connectivity index (χ3v) is 2.82. The summed E-state index contributed by atoms with van der Waals surface area (Å²) in [7, 11) is 0. The summed E-state index contributed by atoms with van der Waals surface area (Å²) in [5.41, 5.74) is 5.60. The molecule has 0 aromatic carbocycles. The van der Waals surface area contributed by atoms with Crippen LogP contribution in [0.15, 0.2) is 0 Å². The zero-order valence-corrected chi connectivity index (χ0v) is 8.70. The lowest BCUT2D eigenvalue weighted by Crippen LogP contribution is -2.46. The lowest BCUT2D eigenvalue weighted by molar-refractivity contribution is -0.123. The number of nitrogens with two attached hydrogens (primary N) is 1. The van der Waals surface area contributed by atoms with Gasteiger partial charge in [0.25, 0.3) is 0 Å². The van der Waals surface area contributed by atoms with Gasteiger partial charge in [-0.25, -0.2) is 0 Å². The normalized spacial score (nSPS) is 29.6. The van der Waals surface area contributed by atoms with Crippen LogP contribution in [0.3, 0.4) is 0 Å². The highest BCUT2D eigenvalue weighted by atomic mass is 16.3. The molecule has 4 N–H and O–H groups in total. The zero-order chi connectivity index (χ0) is 10.6. The van der Waals surface area contributed by atoms with Gasteiger partial charge in [0.15, 0.2) is 0 Å². The van der Waals surface area contributed by atoms with Gasteiger partial charge in [-0.2, -0.15) is 0 Å². The number of carbonyl (C=O) groups excluding carboxylic acids is 1. The van der Waals surface area contributed by atoms with Gasteiger partial charge in [0.1, 0.15) is 0 Å². The number of rotatable bonds is 3. The Hall–Kier alpha value is -0.610. The number of hydrogen-bond acceptors (Lipinski definition) is 3. The fraction of sp³-hybridized carbons (Fsp3) is 0.900. The van der Waals surface area contributed by atoms with E-state index in [1.165, 1.54) is 0 Å². The third kappa shape index (κ3) is 3.27. The van der Waals surface area contributed by atoms with Crippen molar-refractivity contribution in [2.75, 3.05) is 0 Å².